The average molecular weight is 211 g/mol. The minimum absolute atomic E-state index is 0.0996. The van der Waals surface area contributed by atoms with E-state index in [-0.39, 0.29) is 11.9 Å². The van der Waals surface area contributed by atoms with Crippen molar-refractivity contribution in [3.63, 3.8) is 0 Å². The molecule has 1 heterocycles. The fourth-order valence-electron chi connectivity index (χ4n) is 2.05. The summed E-state index contributed by atoms with van der Waals surface area (Å²) >= 11 is 0. The van der Waals surface area contributed by atoms with Crippen LogP contribution in [-0.2, 0) is 0 Å². The minimum Gasteiger partial charge on any atom is -0.391 e. The van der Waals surface area contributed by atoms with Gasteiger partial charge >= 0.3 is 5.82 Å². The Balaban J connectivity index is 2.29. The third-order valence-corrected chi connectivity index (χ3v) is 2.85. The lowest BCUT2D eigenvalue weighted by Gasteiger charge is -2.10. The first-order valence-corrected chi connectivity index (χ1v) is 4.98. The zero-order valence-corrected chi connectivity index (χ0v) is 8.46. The van der Waals surface area contributed by atoms with Crippen LogP contribution >= 0.6 is 0 Å². The smallest absolute Gasteiger partial charge is 0.391 e. The summed E-state index contributed by atoms with van der Waals surface area (Å²) in [5.41, 5.74) is 0.541. The quantitative estimate of drug-likeness (QED) is 0.588. The molecule has 0 unspecified atom stereocenters. The van der Waals surface area contributed by atoms with Crippen molar-refractivity contribution in [2.75, 3.05) is 0 Å². The molecule has 2 atom stereocenters. The topological polar surface area (TPSA) is 81.2 Å². The van der Waals surface area contributed by atoms with E-state index in [0.29, 0.717) is 5.56 Å². The normalized spacial score (nSPS) is 25.7. The molecule has 0 radical (unpaired) electrons. The van der Waals surface area contributed by atoms with Crippen molar-refractivity contribution in [1.29, 1.82) is 0 Å². The lowest BCUT2D eigenvalue weighted by atomic mass is 10.2. The number of aromatic nitrogens is 2. The third-order valence-electron chi connectivity index (χ3n) is 2.85. The first-order chi connectivity index (χ1) is 7.09. The molecule has 6 nitrogen and oxygen atoms in total. The van der Waals surface area contributed by atoms with Gasteiger partial charge in [-0.3, -0.25) is 0 Å². The van der Waals surface area contributed by atoms with Gasteiger partial charge < -0.3 is 15.2 Å². The van der Waals surface area contributed by atoms with Gasteiger partial charge in [0.25, 0.3) is 0 Å². The fourth-order valence-corrected chi connectivity index (χ4v) is 2.05. The molecule has 1 aliphatic carbocycles. The van der Waals surface area contributed by atoms with Gasteiger partial charge in [-0.05, 0) is 31.1 Å². The molecule has 0 amide bonds. The second-order valence-corrected chi connectivity index (χ2v) is 3.94. The van der Waals surface area contributed by atoms with Crippen LogP contribution in [0.1, 0.15) is 30.9 Å². The van der Waals surface area contributed by atoms with Gasteiger partial charge in [-0.2, -0.15) is 4.68 Å². The van der Waals surface area contributed by atoms with Crippen molar-refractivity contribution in [2.24, 2.45) is 0 Å². The van der Waals surface area contributed by atoms with E-state index in [4.69, 9.17) is 0 Å². The van der Waals surface area contributed by atoms with Gasteiger partial charge in [0.1, 0.15) is 0 Å². The molecule has 0 aliphatic heterocycles. The number of hydrogen-bond acceptors (Lipinski definition) is 4. The van der Waals surface area contributed by atoms with Gasteiger partial charge in [0.15, 0.2) is 0 Å². The Hall–Kier alpha value is -1.43. The summed E-state index contributed by atoms with van der Waals surface area (Å²) in [4.78, 5) is 10.1. The maximum atomic E-state index is 10.6. The second kappa shape index (κ2) is 3.62. The third kappa shape index (κ3) is 1.72. The molecule has 2 rings (SSSR count). The highest BCUT2D eigenvalue weighted by atomic mass is 16.6. The van der Waals surface area contributed by atoms with Crippen molar-refractivity contribution < 1.29 is 10.0 Å². The van der Waals surface area contributed by atoms with Crippen molar-refractivity contribution in [3.05, 3.63) is 21.9 Å². The first kappa shape index (κ1) is 10.1. The van der Waals surface area contributed by atoms with Gasteiger partial charge in [0.05, 0.1) is 29.0 Å². The Labute approximate surface area is 86.7 Å². The molecular weight excluding hydrogens is 198 g/mol. The zero-order chi connectivity index (χ0) is 11.0. The number of nitro groups is 1. The molecular formula is C9H13N3O3. The van der Waals surface area contributed by atoms with Gasteiger partial charge in [0.2, 0.25) is 0 Å². The standard InChI is InChI=1S/C9H13N3O3/c1-6-5-11(10-9(6)12(14)15)7-3-2-4-8(7)13/h5,7-8,13H,2-4H2,1H3/t7-,8-/m1/s1. The van der Waals surface area contributed by atoms with Gasteiger partial charge in [0, 0.05) is 0 Å². The molecule has 1 aromatic rings. The molecule has 1 aliphatic rings. The predicted molar refractivity (Wildman–Crippen MR) is 52.5 cm³/mol. The Morgan fingerprint density at radius 2 is 2.40 bits per heavy atom. The number of hydrogen-bond donors (Lipinski definition) is 1. The molecule has 0 spiro atoms. The lowest BCUT2D eigenvalue weighted by molar-refractivity contribution is -0.390. The van der Waals surface area contributed by atoms with Crippen LogP contribution in [0.2, 0.25) is 0 Å². The number of nitrogens with zero attached hydrogens (tertiary/aromatic N) is 3. The van der Waals surface area contributed by atoms with Crippen LogP contribution < -0.4 is 0 Å². The van der Waals surface area contributed by atoms with Crippen molar-refractivity contribution in [2.45, 2.75) is 38.3 Å². The van der Waals surface area contributed by atoms with E-state index in [9.17, 15) is 15.2 Å². The highest BCUT2D eigenvalue weighted by Gasteiger charge is 2.31. The van der Waals surface area contributed by atoms with Crippen LogP contribution in [-0.4, -0.2) is 25.9 Å². The summed E-state index contributed by atoms with van der Waals surface area (Å²) < 4.78 is 1.53. The van der Waals surface area contributed by atoms with E-state index in [1.54, 1.807) is 13.1 Å². The van der Waals surface area contributed by atoms with Crippen LogP contribution in [0.4, 0.5) is 5.82 Å². The van der Waals surface area contributed by atoms with Crippen LogP contribution in [0, 0.1) is 17.0 Å². The molecule has 82 valence electrons. The van der Waals surface area contributed by atoms with Crippen LogP contribution in [0.15, 0.2) is 6.20 Å². The first-order valence-electron chi connectivity index (χ1n) is 4.98. The molecule has 1 aromatic heterocycles. The van der Waals surface area contributed by atoms with Gasteiger partial charge in [-0.1, -0.05) is 0 Å². The second-order valence-electron chi connectivity index (χ2n) is 3.94. The molecule has 1 N–H and O–H groups in total. The molecule has 1 fully saturated rings. The lowest BCUT2D eigenvalue weighted by Crippen LogP contribution is -2.18. The van der Waals surface area contributed by atoms with Gasteiger partial charge in [-0.15, -0.1) is 0 Å². The summed E-state index contributed by atoms with van der Waals surface area (Å²) in [7, 11) is 0. The Morgan fingerprint density at radius 3 is 2.87 bits per heavy atom. The summed E-state index contributed by atoms with van der Waals surface area (Å²) in [6.45, 7) is 1.66. The number of aliphatic hydroxyl groups is 1. The maximum absolute atomic E-state index is 10.6. The number of rotatable bonds is 2. The monoisotopic (exact) mass is 211 g/mol. The highest BCUT2D eigenvalue weighted by Crippen LogP contribution is 2.31. The Bertz CT molecular complexity index is 388. The van der Waals surface area contributed by atoms with Crippen molar-refractivity contribution in [3.8, 4) is 0 Å². The van der Waals surface area contributed by atoms with Crippen molar-refractivity contribution >= 4 is 5.82 Å². The molecule has 6 heteroatoms. The molecule has 1 saturated carbocycles. The van der Waals surface area contributed by atoms with E-state index in [0.717, 1.165) is 19.3 Å². The molecule has 0 aromatic carbocycles. The fraction of sp³-hybridized carbons (Fsp3) is 0.667. The summed E-state index contributed by atoms with van der Waals surface area (Å²) in [6, 6.07) is -0.0996. The molecule has 15 heavy (non-hydrogen) atoms. The number of aryl methyl sites for hydroxylation is 1. The van der Waals surface area contributed by atoms with E-state index >= 15 is 0 Å². The highest BCUT2D eigenvalue weighted by molar-refractivity contribution is 5.28. The Morgan fingerprint density at radius 1 is 1.67 bits per heavy atom. The molecule has 0 bridgehead atoms. The van der Waals surface area contributed by atoms with E-state index in [1.807, 2.05) is 0 Å². The number of aliphatic hydroxyl groups excluding tert-OH is 1. The zero-order valence-electron chi connectivity index (χ0n) is 8.46. The van der Waals surface area contributed by atoms with E-state index < -0.39 is 11.0 Å². The Kier molecular flexibility index (Phi) is 2.44. The van der Waals surface area contributed by atoms with E-state index in [2.05, 4.69) is 5.10 Å². The predicted octanol–water partition coefficient (Wildman–Crippen LogP) is 1.19. The van der Waals surface area contributed by atoms with Crippen molar-refractivity contribution in [1.82, 2.24) is 9.78 Å². The maximum Gasteiger partial charge on any atom is 0.392 e. The van der Waals surface area contributed by atoms with Gasteiger partial charge in [-0.25, -0.2) is 0 Å². The largest absolute Gasteiger partial charge is 0.392 e. The summed E-state index contributed by atoms with van der Waals surface area (Å²) in [5, 5.41) is 24.1. The minimum atomic E-state index is -0.493. The van der Waals surface area contributed by atoms with Crippen LogP contribution in [0.3, 0.4) is 0 Å². The molecule has 0 saturated heterocycles. The average Bonchev–Trinajstić information content (AvgIpc) is 2.71. The van der Waals surface area contributed by atoms with Crippen LogP contribution in [0.25, 0.3) is 0 Å². The van der Waals surface area contributed by atoms with E-state index in [1.165, 1.54) is 4.68 Å². The summed E-state index contributed by atoms with van der Waals surface area (Å²) in [5.74, 6) is -0.117. The van der Waals surface area contributed by atoms with Crippen LogP contribution in [0.5, 0.6) is 0 Å². The summed E-state index contributed by atoms with van der Waals surface area (Å²) in [6.07, 6.45) is 3.73. The SMILES string of the molecule is Cc1cn([C@@H]2CCC[C@H]2O)nc1[N+](=O)[O-].